The Kier molecular flexibility index (Phi) is 3.84. The van der Waals surface area contributed by atoms with Crippen molar-refractivity contribution in [2.75, 3.05) is 39.3 Å². The fourth-order valence-corrected chi connectivity index (χ4v) is 2.42. The zero-order valence-corrected chi connectivity index (χ0v) is 10.7. The van der Waals surface area contributed by atoms with Gasteiger partial charge in [-0.15, -0.1) is 0 Å². The Labute approximate surface area is 107 Å². The van der Waals surface area contributed by atoms with Crippen molar-refractivity contribution in [1.82, 2.24) is 14.7 Å². The van der Waals surface area contributed by atoms with Crippen LogP contribution in [0, 0.1) is 0 Å². The first-order chi connectivity index (χ1) is 8.59. The van der Waals surface area contributed by atoms with Crippen LogP contribution in [0.15, 0.2) is 0 Å². The average Bonchev–Trinajstić information content (AvgIpc) is 2.91. The van der Waals surface area contributed by atoms with Crippen molar-refractivity contribution in [2.24, 2.45) is 0 Å². The first kappa shape index (κ1) is 12.9. The lowest BCUT2D eigenvalue weighted by Gasteiger charge is -2.34. The molecule has 100 valence electrons. The van der Waals surface area contributed by atoms with Crippen molar-refractivity contribution in [3.63, 3.8) is 0 Å². The van der Waals surface area contributed by atoms with Crippen molar-refractivity contribution in [3.8, 4) is 0 Å². The van der Waals surface area contributed by atoms with Gasteiger partial charge in [0.2, 0.25) is 5.91 Å². The molecule has 2 heterocycles. The highest BCUT2D eigenvalue weighted by atomic mass is 16.2. The molecular weight excluding hydrogens is 234 g/mol. The summed E-state index contributed by atoms with van der Waals surface area (Å²) in [6.45, 7) is 4.86. The highest BCUT2D eigenvalue weighted by Gasteiger charge is 2.30. The molecule has 6 heteroatoms. The molecule has 0 saturated carbocycles. The molecule has 2 fully saturated rings. The summed E-state index contributed by atoms with van der Waals surface area (Å²) >= 11 is 0. The molecule has 6 nitrogen and oxygen atoms in total. The molecule has 3 amide bonds. The Morgan fingerprint density at radius 2 is 1.06 bits per heavy atom. The van der Waals surface area contributed by atoms with Gasteiger partial charge in [0.05, 0.1) is 0 Å². The fourth-order valence-electron chi connectivity index (χ4n) is 2.42. The number of carbonyl (C=O) groups excluding carboxylic acids is 3. The van der Waals surface area contributed by atoms with E-state index in [1.807, 2.05) is 0 Å². The first-order valence-electron chi connectivity index (χ1n) is 6.43. The molecule has 0 spiro atoms. The van der Waals surface area contributed by atoms with Crippen LogP contribution in [0.4, 0.5) is 0 Å². The summed E-state index contributed by atoms with van der Waals surface area (Å²) in [4.78, 5) is 40.0. The van der Waals surface area contributed by atoms with Gasteiger partial charge >= 0.3 is 11.8 Å². The van der Waals surface area contributed by atoms with Crippen LogP contribution in [-0.2, 0) is 14.4 Å². The second-order valence-electron chi connectivity index (χ2n) is 4.80. The number of rotatable bonds is 0. The van der Waals surface area contributed by atoms with E-state index in [2.05, 4.69) is 0 Å². The average molecular weight is 253 g/mol. The van der Waals surface area contributed by atoms with Crippen molar-refractivity contribution in [2.45, 2.75) is 19.8 Å². The standard InChI is InChI=1S/C12H19N3O3/c1-10(16)13-6-8-15(9-7-13)12(18)11(17)14-4-2-3-5-14/h2-9H2,1H3. The van der Waals surface area contributed by atoms with Crippen LogP contribution in [0.2, 0.25) is 0 Å². The molecule has 0 radical (unpaired) electrons. The lowest BCUT2D eigenvalue weighted by Crippen LogP contribution is -2.53. The number of amides is 3. The van der Waals surface area contributed by atoms with Crippen molar-refractivity contribution >= 4 is 17.7 Å². The number of nitrogens with zero attached hydrogens (tertiary/aromatic N) is 3. The quantitative estimate of drug-likeness (QED) is 0.536. The normalized spacial score (nSPS) is 20.2. The highest BCUT2D eigenvalue weighted by molar-refractivity contribution is 6.35. The summed E-state index contributed by atoms with van der Waals surface area (Å²) in [5.74, 6) is -0.781. The summed E-state index contributed by atoms with van der Waals surface area (Å²) in [7, 11) is 0. The predicted molar refractivity (Wildman–Crippen MR) is 64.6 cm³/mol. The van der Waals surface area contributed by atoms with E-state index in [1.165, 1.54) is 6.92 Å². The van der Waals surface area contributed by atoms with Gasteiger partial charge < -0.3 is 14.7 Å². The molecule has 2 rings (SSSR count). The van der Waals surface area contributed by atoms with Gasteiger partial charge in [-0.1, -0.05) is 0 Å². The zero-order valence-electron chi connectivity index (χ0n) is 10.7. The maximum absolute atomic E-state index is 12.0. The number of piperazine rings is 1. The summed E-state index contributed by atoms with van der Waals surface area (Å²) in [5, 5.41) is 0. The summed E-state index contributed by atoms with van der Waals surface area (Å²) in [6.07, 6.45) is 1.97. The monoisotopic (exact) mass is 253 g/mol. The Morgan fingerprint density at radius 3 is 1.50 bits per heavy atom. The van der Waals surface area contributed by atoms with Crippen LogP contribution in [-0.4, -0.2) is 71.7 Å². The van der Waals surface area contributed by atoms with Crippen LogP contribution in [0.5, 0.6) is 0 Å². The molecule has 0 bridgehead atoms. The summed E-state index contributed by atoms with van der Waals surface area (Å²) in [6, 6.07) is 0. The van der Waals surface area contributed by atoms with Crippen molar-refractivity contribution in [3.05, 3.63) is 0 Å². The SMILES string of the molecule is CC(=O)N1CCN(C(=O)C(=O)N2CCCC2)CC1. The molecular formula is C12H19N3O3. The van der Waals surface area contributed by atoms with Crippen molar-refractivity contribution in [1.29, 1.82) is 0 Å². The largest absolute Gasteiger partial charge is 0.339 e. The van der Waals surface area contributed by atoms with Gasteiger partial charge in [0.25, 0.3) is 0 Å². The summed E-state index contributed by atoms with van der Waals surface area (Å²) in [5.41, 5.74) is 0. The molecule has 0 unspecified atom stereocenters. The molecule has 0 aromatic heterocycles. The Morgan fingerprint density at radius 1 is 0.667 bits per heavy atom. The molecule has 0 aromatic rings. The van der Waals surface area contributed by atoms with Gasteiger partial charge in [-0.25, -0.2) is 0 Å². The minimum atomic E-state index is -0.417. The van der Waals surface area contributed by atoms with Crippen LogP contribution >= 0.6 is 0 Å². The van der Waals surface area contributed by atoms with E-state index in [-0.39, 0.29) is 11.8 Å². The second-order valence-corrected chi connectivity index (χ2v) is 4.80. The summed E-state index contributed by atoms with van der Waals surface area (Å²) < 4.78 is 0. The Bertz CT molecular complexity index is 356. The van der Waals surface area contributed by atoms with Gasteiger partial charge in [-0.05, 0) is 12.8 Å². The molecule has 2 aliphatic rings. The third-order valence-corrected chi connectivity index (χ3v) is 3.59. The van der Waals surface area contributed by atoms with Gasteiger partial charge in [0.15, 0.2) is 0 Å². The van der Waals surface area contributed by atoms with Gasteiger partial charge in [-0.3, -0.25) is 14.4 Å². The Balaban J connectivity index is 1.87. The van der Waals surface area contributed by atoms with Crippen LogP contribution < -0.4 is 0 Å². The minimum absolute atomic E-state index is 0.0213. The molecule has 0 aromatic carbocycles. The second kappa shape index (κ2) is 5.37. The number of likely N-dealkylation sites (tertiary alicyclic amines) is 1. The zero-order chi connectivity index (χ0) is 13.1. The van der Waals surface area contributed by atoms with Crippen LogP contribution in [0.25, 0.3) is 0 Å². The number of carbonyl (C=O) groups is 3. The lowest BCUT2D eigenvalue weighted by atomic mass is 10.3. The van der Waals surface area contributed by atoms with Gasteiger partial charge in [0.1, 0.15) is 0 Å². The van der Waals surface area contributed by atoms with Crippen molar-refractivity contribution < 1.29 is 14.4 Å². The van der Waals surface area contributed by atoms with E-state index < -0.39 is 5.91 Å². The highest BCUT2D eigenvalue weighted by Crippen LogP contribution is 2.10. The van der Waals surface area contributed by atoms with E-state index in [9.17, 15) is 14.4 Å². The molecule has 0 aliphatic carbocycles. The minimum Gasteiger partial charge on any atom is -0.339 e. The third-order valence-electron chi connectivity index (χ3n) is 3.59. The first-order valence-corrected chi connectivity index (χ1v) is 6.43. The van der Waals surface area contributed by atoms with E-state index in [1.54, 1.807) is 14.7 Å². The molecule has 2 saturated heterocycles. The molecule has 2 aliphatic heterocycles. The van der Waals surface area contributed by atoms with E-state index >= 15 is 0 Å². The molecule has 0 N–H and O–H groups in total. The van der Waals surface area contributed by atoms with Crippen LogP contribution in [0.3, 0.4) is 0 Å². The maximum atomic E-state index is 12.0. The molecule has 18 heavy (non-hydrogen) atoms. The maximum Gasteiger partial charge on any atom is 0.312 e. The Hall–Kier alpha value is -1.59. The number of hydrogen-bond acceptors (Lipinski definition) is 3. The van der Waals surface area contributed by atoms with E-state index in [0.29, 0.717) is 39.3 Å². The van der Waals surface area contributed by atoms with E-state index in [4.69, 9.17) is 0 Å². The number of hydrogen-bond donors (Lipinski definition) is 0. The fraction of sp³-hybridized carbons (Fsp3) is 0.750. The smallest absolute Gasteiger partial charge is 0.312 e. The van der Waals surface area contributed by atoms with Crippen LogP contribution in [0.1, 0.15) is 19.8 Å². The predicted octanol–water partition coefficient (Wildman–Crippen LogP) is -0.700. The van der Waals surface area contributed by atoms with Gasteiger partial charge in [-0.2, -0.15) is 0 Å². The third kappa shape index (κ3) is 2.63. The lowest BCUT2D eigenvalue weighted by molar-refractivity contribution is -0.153. The molecule has 0 atom stereocenters. The topological polar surface area (TPSA) is 60.9 Å². The van der Waals surface area contributed by atoms with E-state index in [0.717, 1.165) is 12.8 Å². The van der Waals surface area contributed by atoms with Gasteiger partial charge in [0, 0.05) is 46.2 Å².